The molecule has 2 heteroatoms. The van der Waals surface area contributed by atoms with Gasteiger partial charge < -0.3 is 4.74 Å². The van der Waals surface area contributed by atoms with Crippen molar-refractivity contribution in [2.24, 2.45) is 0 Å². The molecule has 0 saturated heterocycles. The van der Waals surface area contributed by atoms with Crippen LogP contribution in [0.25, 0.3) is 5.57 Å². The maximum atomic E-state index is 11.1. The van der Waals surface area contributed by atoms with Crippen LogP contribution in [0.4, 0.5) is 0 Å². The van der Waals surface area contributed by atoms with Gasteiger partial charge in [-0.2, -0.15) is 0 Å². The van der Waals surface area contributed by atoms with Crippen LogP contribution in [0.5, 0.6) is 0 Å². The van der Waals surface area contributed by atoms with E-state index >= 15 is 0 Å². The number of hydrogen-bond donors (Lipinski definition) is 0. The van der Waals surface area contributed by atoms with Crippen molar-refractivity contribution in [3.8, 4) is 0 Å². The quantitative estimate of drug-likeness (QED) is 0.429. The standard InChI is InChI=1S/C16H20O2/c1-13(15-11-5-4-6-12-15)9-7-8-10-14(2)16(17)18-3/h4-6,9,11-12H,2,7-8,10H2,1,3H3/b13-9+. The van der Waals surface area contributed by atoms with E-state index in [9.17, 15) is 4.79 Å². The van der Waals surface area contributed by atoms with Crippen LogP contribution >= 0.6 is 0 Å². The number of unbranched alkanes of at least 4 members (excludes halogenated alkanes) is 1. The molecule has 0 spiro atoms. The van der Waals surface area contributed by atoms with Gasteiger partial charge in [-0.1, -0.05) is 43.0 Å². The zero-order valence-electron chi connectivity index (χ0n) is 11.1. The van der Waals surface area contributed by atoms with Crippen LogP contribution in [0.2, 0.25) is 0 Å². The SMILES string of the molecule is C=C(CCC/C=C(\C)c1ccccc1)C(=O)OC. The molecule has 0 saturated carbocycles. The number of ether oxygens (including phenoxy) is 1. The third-order valence-corrected chi connectivity index (χ3v) is 2.84. The highest BCUT2D eigenvalue weighted by atomic mass is 16.5. The van der Waals surface area contributed by atoms with Crippen LogP contribution in [-0.2, 0) is 9.53 Å². The first-order valence-corrected chi connectivity index (χ1v) is 6.13. The van der Waals surface area contributed by atoms with E-state index in [0.717, 1.165) is 12.8 Å². The largest absolute Gasteiger partial charge is 0.466 e. The fourth-order valence-corrected chi connectivity index (χ4v) is 1.70. The van der Waals surface area contributed by atoms with Gasteiger partial charge in [0.2, 0.25) is 0 Å². The number of benzene rings is 1. The normalized spacial score (nSPS) is 11.1. The van der Waals surface area contributed by atoms with Crippen molar-refractivity contribution in [2.45, 2.75) is 26.2 Å². The molecule has 1 aromatic rings. The molecule has 0 fully saturated rings. The zero-order valence-corrected chi connectivity index (χ0v) is 11.1. The Bertz CT molecular complexity index is 430. The van der Waals surface area contributed by atoms with Crippen molar-refractivity contribution in [1.82, 2.24) is 0 Å². The first-order valence-electron chi connectivity index (χ1n) is 6.13. The summed E-state index contributed by atoms with van der Waals surface area (Å²) in [6.07, 6.45) is 4.74. The molecule has 0 atom stereocenters. The number of rotatable bonds is 6. The molecule has 2 nitrogen and oxygen atoms in total. The average molecular weight is 244 g/mol. The smallest absolute Gasteiger partial charge is 0.333 e. The summed E-state index contributed by atoms with van der Waals surface area (Å²) in [5.41, 5.74) is 3.05. The Morgan fingerprint density at radius 3 is 2.61 bits per heavy atom. The summed E-state index contributed by atoms with van der Waals surface area (Å²) < 4.78 is 4.61. The molecular weight excluding hydrogens is 224 g/mol. The van der Waals surface area contributed by atoms with E-state index in [-0.39, 0.29) is 5.97 Å². The molecule has 1 rings (SSSR count). The third kappa shape index (κ3) is 4.58. The summed E-state index contributed by atoms with van der Waals surface area (Å²) in [6, 6.07) is 10.3. The molecule has 96 valence electrons. The minimum absolute atomic E-state index is 0.307. The molecule has 0 aromatic heterocycles. The Morgan fingerprint density at radius 1 is 1.33 bits per heavy atom. The topological polar surface area (TPSA) is 26.3 Å². The minimum Gasteiger partial charge on any atom is -0.466 e. The van der Waals surface area contributed by atoms with Gasteiger partial charge >= 0.3 is 5.97 Å². The van der Waals surface area contributed by atoms with Gasteiger partial charge in [0.05, 0.1) is 7.11 Å². The van der Waals surface area contributed by atoms with Gasteiger partial charge in [0.1, 0.15) is 0 Å². The van der Waals surface area contributed by atoms with Crippen molar-refractivity contribution < 1.29 is 9.53 Å². The first kappa shape index (κ1) is 14.2. The first-order chi connectivity index (χ1) is 8.65. The van der Waals surface area contributed by atoms with Crippen LogP contribution < -0.4 is 0 Å². The summed E-state index contributed by atoms with van der Waals surface area (Å²) in [4.78, 5) is 11.1. The Balaban J connectivity index is 2.37. The lowest BCUT2D eigenvalue weighted by Crippen LogP contribution is -2.03. The van der Waals surface area contributed by atoms with E-state index in [0.29, 0.717) is 12.0 Å². The Labute approximate surface area is 109 Å². The minimum atomic E-state index is -0.307. The van der Waals surface area contributed by atoms with Crippen molar-refractivity contribution in [2.75, 3.05) is 7.11 Å². The summed E-state index contributed by atoms with van der Waals surface area (Å²) in [5.74, 6) is -0.307. The van der Waals surface area contributed by atoms with Gasteiger partial charge in [-0.05, 0) is 37.3 Å². The van der Waals surface area contributed by atoms with E-state index in [1.165, 1.54) is 18.2 Å². The van der Waals surface area contributed by atoms with E-state index in [1.807, 2.05) is 18.2 Å². The van der Waals surface area contributed by atoms with Crippen molar-refractivity contribution in [1.29, 1.82) is 0 Å². The lowest BCUT2D eigenvalue weighted by atomic mass is 10.0. The molecule has 0 aliphatic carbocycles. The number of allylic oxidation sites excluding steroid dienone is 2. The number of esters is 1. The van der Waals surface area contributed by atoms with Crippen molar-refractivity contribution in [3.05, 3.63) is 54.1 Å². The van der Waals surface area contributed by atoms with E-state index < -0.39 is 0 Å². The predicted octanol–water partition coefficient (Wildman–Crippen LogP) is 3.99. The third-order valence-electron chi connectivity index (χ3n) is 2.84. The highest BCUT2D eigenvalue weighted by Crippen LogP contribution is 2.15. The lowest BCUT2D eigenvalue weighted by Gasteiger charge is -2.03. The summed E-state index contributed by atoms with van der Waals surface area (Å²) in [5, 5.41) is 0. The Kier molecular flexibility index (Phi) is 5.92. The van der Waals surface area contributed by atoms with Gasteiger partial charge in [0.15, 0.2) is 0 Å². The molecule has 0 amide bonds. The fraction of sp³-hybridized carbons (Fsp3) is 0.312. The molecule has 0 bridgehead atoms. The summed E-state index contributed by atoms with van der Waals surface area (Å²) in [6.45, 7) is 5.81. The molecule has 18 heavy (non-hydrogen) atoms. The van der Waals surface area contributed by atoms with Gasteiger partial charge in [-0.3, -0.25) is 0 Å². The molecule has 0 N–H and O–H groups in total. The van der Waals surface area contributed by atoms with Crippen LogP contribution in [0.3, 0.4) is 0 Å². The molecule has 0 radical (unpaired) electrons. The van der Waals surface area contributed by atoms with Gasteiger partial charge in [0.25, 0.3) is 0 Å². The highest BCUT2D eigenvalue weighted by molar-refractivity contribution is 5.87. The second-order valence-corrected chi connectivity index (χ2v) is 4.24. The van der Waals surface area contributed by atoms with Crippen LogP contribution in [-0.4, -0.2) is 13.1 Å². The number of methoxy groups -OCH3 is 1. The Morgan fingerprint density at radius 2 is 2.00 bits per heavy atom. The number of carbonyl (C=O) groups is 1. The second kappa shape index (κ2) is 7.49. The summed E-state index contributed by atoms with van der Waals surface area (Å²) >= 11 is 0. The van der Waals surface area contributed by atoms with Crippen LogP contribution in [0.15, 0.2) is 48.6 Å². The maximum Gasteiger partial charge on any atom is 0.333 e. The molecule has 0 unspecified atom stereocenters. The molecule has 0 heterocycles. The molecule has 1 aromatic carbocycles. The van der Waals surface area contributed by atoms with Gasteiger partial charge in [-0.15, -0.1) is 0 Å². The number of hydrogen-bond acceptors (Lipinski definition) is 2. The monoisotopic (exact) mass is 244 g/mol. The van der Waals surface area contributed by atoms with Crippen LogP contribution in [0, 0.1) is 0 Å². The Hall–Kier alpha value is -1.83. The van der Waals surface area contributed by atoms with E-state index in [2.05, 4.69) is 36.4 Å². The molecular formula is C16H20O2. The van der Waals surface area contributed by atoms with Crippen molar-refractivity contribution >= 4 is 11.5 Å². The summed E-state index contributed by atoms with van der Waals surface area (Å²) in [7, 11) is 1.38. The number of carbonyl (C=O) groups excluding carboxylic acids is 1. The van der Waals surface area contributed by atoms with Crippen LogP contribution in [0.1, 0.15) is 31.7 Å². The molecule has 0 aliphatic heterocycles. The highest BCUT2D eigenvalue weighted by Gasteiger charge is 2.04. The second-order valence-electron chi connectivity index (χ2n) is 4.24. The van der Waals surface area contributed by atoms with E-state index in [4.69, 9.17) is 0 Å². The zero-order chi connectivity index (χ0) is 13.4. The predicted molar refractivity (Wildman–Crippen MR) is 75.1 cm³/mol. The lowest BCUT2D eigenvalue weighted by molar-refractivity contribution is -0.136. The maximum absolute atomic E-state index is 11.1. The average Bonchev–Trinajstić information content (AvgIpc) is 2.43. The fourth-order valence-electron chi connectivity index (χ4n) is 1.70. The molecule has 0 aliphatic rings. The van der Waals surface area contributed by atoms with E-state index in [1.54, 1.807) is 0 Å². The van der Waals surface area contributed by atoms with Crippen molar-refractivity contribution in [3.63, 3.8) is 0 Å². The van der Waals surface area contributed by atoms with Gasteiger partial charge in [-0.25, -0.2) is 4.79 Å². The van der Waals surface area contributed by atoms with Gasteiger partial charge in [0, 0.05) is 5.57 Å².